The number of ether oxygens (including phenoxy) is 4. The molecule has 0 heterocycles. The number of methoxy groups -OCH3 is 1. The first-order valence-corrected chi connectivity index (χ1v) is 13.8. The van der Waals surface area contributed by atoms with Crippen molar-refractivity contribution in [2.75, 3.05) is 20.3 Å². The predicted molar refractivity (Wildman–Crippen MR) is 153 cm³/mol. The Morgan fingerprint density at radius 2 is 1.16 bits per heavy atom. The van der Waals surface area contributed by atoms with Crippen molar-refractivity contribution in [1.82, 2.24) is 0 Å². The number of hydrogen-bond donors (Lipinski definition) is 0. The lowest BCUT2D eigenvalue weighted by Gasteiger charge is -2.21. The Morgan fingerprint density at radius 1 is 0.622 bits per heavy atom. The van der Waals surface area contributed by atoms with Crippen molar-refractivity contribution in [1.29, 1.82) is 0 Å². The van der Waals surface area contributed by atoms with Crippen molar-refractivity contribution in [3.8, 4) is 28.4 Å². The minimum absolute atomic E-state index is 0.0936. The molecule has 0 fully saturated rings. The standard InChI is InChI=1S/C33H44O4/c1-5-6-7-8-9-10-23-35-31-17-11-28(12-18-31)25-36-32-19-13-29(14-20-32)30-15-21-33(22-16-30)37-27(3)26(2)24-34-4/h11-22,26-27H,5-10,23-25H2,1-4H3. The summed E-state index contributed by atoms with van der Waals surface area (Å²) >= 11 is 0. The molecule has 0 spiro atoms. The Kier molecular flexibility index (Phi) is 12.4. The third-order valence-corrected chi connectivity index (χ3v) is 6.69. The van der Waals surface area contributed by atoms with Crippen LogP contribution in [0, 0.1) is 5.92 Å². The number of rotatable bonds is 17. The van der Waals surface area contributed by atoms with Gasteiger partial charge < -0.3 is 18.9 Å². The van der Waals surface area contributed by atoms with Gasteiger partial charge in [-0.15, -0.1) is 0 Å². The Labute approximate surface area is 223 Å². The van der Waals surface area contributed by atoms with Gasteiger partial charge in [-0.25, -0.2) is 0 Å². The summed E-state index contributed by atoms with van der Waals surface area (Å²) in [5.41, 5.74) is 3.42. The minimum atomic E-state index is 0.0936. The van der Waals surface area contributed by atoms with E-state index in [1.165, 1.54) is 32.1 Å². The highest BCUT2D eigenvalue weighted by atomic mass is 16.5. The van der Waals surface area contributed by atoms with Crippen LogP contribution in [0.4, 0.5) is 0 Å². The largest absolute Gasteiger partial charge is 0.494 e. The molecule has 200 valence electrons. The molecule has 3 aromatic carbocycles. The summed E-state index contributed by atoms with van der Waals surface area (Å²) in [7, 11) is 1.72. The fourth-order valence-corrected chi connectivity index (χ4v) is 4.12. The number of benzene rings is 3. The number of unbranched alkanes of at least 4 members (excludes halogenated alkanes) is 5. The van der Waals surface area contributed by atoms with E-state index in [0.717, 1.165) is 47.0 Å². The highest BCUT2D eigenvalue weighted by molar-refractivity contribution is 5.64. The Bertz CT molecular complexity index is 996. The van der Waals surface area contributed by atoms with Gasteiger partial charge in [-0.1, -0.05) is 82.3 Å². The van der Waals surface area contributed by atoms with E-state index in [2.05, 4.69) is 57.2 Å². The third kappa shape index (κ3) is 10.1. The molecule has 2 atom stereocenters. The van der Waals surface area contributed by atoms with Crippen LogP contribution < -0.4 is 14.2 Å². The van der Waals surface area contributed by atoms with Crippen LogP contribution in [0.1, 0.15) is 64.9 Å². The van der Waals surface area contributed by atoms with Crippen molar-refractivity contribution in [2.24, 2.45) is 5.92 Å². The van der Waals surface area contributed by atoms with Crippen LogP contribution in [0.25, 0.3) is 11.1 Å². The molecular weight excluding hydrogens is 460 g/mol. The van der Waals surface area contributed by atoms with Crippen molar-refractivity contribution < 1.29 is 18.9 Å². The SMILES string of the molecule is CCCCCCCCOc1ccc(COc2ccc(-c3ccc(OC(C)C(C)COC)cc3)cc2)cc1. The second kappa shape index (κ2) is 16.0. The first-order valence-electron chi connectivity index (χ1n) is 13.8. The van der Waals surface area contributed by atoms with Crippen LogP contribution in [-0.4, -0.2) is 26.4 Å². The molecule has 0 saturated heterocycles. The zero-order valence-corrected chi connectivity index (χ0v) is 23.1. The van der Waals surface area contributed by atoms with Crippen molar-refractivity contribution in [3.05, 3.63) is 78.4 Å². The first kappa shape index (κ1) is 28.6. The maximum atomic E-state index is 6.05. The molecule has 3 aromatic rings. The van der Waals surface area contributed by atoms with Gasteiger partial charge in [0.1, 0.15) is 30.0 Å². The number of hydrogen-bond acceptors (Lipinski definition) is 4. The van der Waals surface area contributed by atoms with E-state index in [-0.39, 0.29) is 6.10 Å². The van der Waals surface area contributed by atoms with Gasteiger partial charge in [0.05, 0.1) is 13.2 Å². The van der Waals surface area contributed by atoms with Crippen LogP contribution in [0.5, 0.6) is 17.2 Å². The van der Waals surface area contributed by atoms with E-state index in [1.54, 1.807) is 7.11 Å². The summed E-state index contributed by atoms with van der Waals surface area (Å²) in [5.74, 6) is 2.99. The normalized spacial score (nSPS) is 12.6. The molecule has 0 aliphatic carbocycles. The Hall–Kier alpha value is -2.98. The van der Waals surface area contributed by atoms with E-state index < -0.39 is 0 Å². The van der Waals surface area contributed by atoms with Crippen LogP contribution in [0.15, 0.2) is 72.8 Å². The van der Waals surface area contributed by atoms with Gasteiger partial charge in [0.25, 0.3) is 0 Å². The summed E-state index contributed by atoms with van der Waals surface area (Å²) < 4.78 is 23.2. The van der Waals surface area contributed by atoms with Gasteiger partial charge in [0.2, 0.25) is 0 Å². The van der Waals surface area contributed by atoms with Crippen molar-refractivity contribution >= 4 is 0 Å². The van der Waals surface area contributed by atoms with Gasteiger partial charge in [0.15, 0.2) is 0 Å². The second-order valence-electron chi connectivity index (χ2n) is 9.85. The van der Waals surface area contributed by atoms with Crippen molar-refractivity contribution in [3.63, 3.8) is 0 Å². The highest BCUT2D eigenvalue weighted by Crippen LogP contribution is 2.26. The van der Waals surface area contributed by atoms with Gasteiger partial charge >= 0.3 is 0 Å². The monoisotopic (exact) mass is 504 g/mol. The first-order chi connectivity index (χ1) is 18.1. The lowest BCUT2D eigenvalue weighted by atomic mass is 10.1. The molecular formula is C33H44O4. The molecule has 4 heteroatoms. The fourth-order valence-electron chi connectivity index (χ4n) is 4.12. The topological polar surface area (TPSA) is 36.9 Å². The zero-order chi connectivity index (χ0) is 26.3. The molecule has 0 N–H and O–H groups in total. The molecule has 0 aromatic heterocycles. The molecule has 0 radical (unpaired) electrons. The smallest absolute Gasteiger partial charge is 0.119 e. The van der Waals surface area contributed by atoms with E-state index in [0.29, 0.717) is 19.1 Å². The molecule has 3 rings (SSSR count). The molecule has 0 aliphatic heterocycles. The minimum Gasteiger partial charge on any atom is -0.494 e. The quantitative estimate of drug-likeness (QED) is 0.172. The maximum Gasteiger partial charge on any atom is 0.119 e. The van der Waals surface area contributed by atoms with E-state index in [9.17, 15) is 0 Å². The molecule has 0 bridgehead atoms. The molecule has 0 saturated carbocycles. The fraction of sp³-hybridized carbons (Fsp3) is 0.455. The molecule has 0 amide bonds. The third-order valence-electron chi connectivity index (χ3n) is 6.69. The molecule has 4 nitrogen and oxygen atoms in total. The van der Waals surface area contributed by atoms with Gasteiger partial charge in [-0.2, -0.15) is 0 Å². The zero-order valence-electron chi connectivity index (χ0n) is 23.1. The average molecular weight is 505 g/mol. The molecule has 37 heavy (non-hydrogen) atoms. The van der Waals surface area contributed by atoms with E-state index >= 15 is 0 Å². The van der Waals surface area contributed by atoms with E-state index in [1.807, 2.05) is 36.4 Å². The van der Waals surface area contributed by atoms with Crippen LogP contribution in [-0.2, 0) is 11.3 Å². The Balaban J connectivity index is 1.41. The summed E-state index contributed by atoms with van der Waals surface area (Å²) in [6.45, 7) is 8.47. The molecule has 2 unspecified atom stereocenters. The maximum absolute atomic E-state index is 6.05. The summed E-state index contributed by atoms with van der Waals surface area (Å²) in [5, 5.41) is 0. The second-order valence-corrected chi connectivity index (χ2v) is 9.85. The van der Waals surface area contributed by atoms with Gasteiger partial charge in [-0.05, 0) is 66.4 Å². The van der Waals surface area contributed by atoms with Crippen LogP contribution in [0.3, 0.4) is 0 Å². The lowest BCUT2D eigenvalue weighted by Crippen LogP contribution is -2.24. The average Bonchev–Trinajstić information content (AvgIpc) is 2.93. The lowest BCUT2D eigenvalue weighted by molar-refractivity contribution is 0.0827. The Morgan fingerprint density at radius 3 is 1.78 bits per heavy atom. The van der Waals surface area contributed by atoms with Crippen LogP contribution in [0.2, 0.25) is 0 Å². The highest BCUT2D eigenvalue weighted by Gasteiger charge is 2.13. The summed E-state index contributed by atoms with van der Waals surface area (Å²) in [6, 6.07) is 24.7. The predicted octanol–water partition coefficient (Wildman–Crippen LogP) is 8.72. The summed E-state index contributed by atoms with van der Waals surface area (Å²) in [6.07, 6.45) is 7.74. The van der Waals surface area contributed by atoms with Crippen LogP contribution >= 0.6 is 0 Å². The van der Waals surface area contributed by atoms with Gasteiger partial charge in [-0.3, -0.25) is 0 Å². The summed E-state index contributed by atoms with van der Waals surface area (Å²) in [4.78, 5) is 0. The van der Waals surface area contributed by atoms with Crippen molar-refractivity contribution in [2.45, 2.75) is 72.0 Å². The van der Waals surface area contributed by atoms with Gasteiger partial charge in [0, 0.05) is 13.0 Å². The molecule has 0 aliphatic rings. The van der Waals surface area contributed by atoms with E-state index in [4.69, 9.17) is 18.9 Å².